The van der Waals surface area contributed by atoms with Gasteiger partial charge < -0.3 is 4.90 Å². The van der Waals surface area contributed by atoms with E-state index in [1.807, 2.05) is 36.4 Å². The number of hydrogen-bond acceptors (Lipinski definition) is 4. The molecule has 0 spiro atoms. The highest BCUT2D eigenvalue weighted by atomic mass is 32.2. The third-order valence-corrected chi connectivity index (χ3v) is 7.43. The van der Waals surface area contributed by atoms with Gasteiger partial charge in [-0.05, 0) is 99.2 Å². The number of carbonyl (C=O) groups excluding carboxylic acids is 2. The van der Waals surface area contributed by atoms with Gasteiger partial charge in [0.05, 0.1) is 11.4 Å². The van der Waals surface area contributed by atoms with Crippen LogP contribution in [0.2, 0.25) is 0 Å². The average Bonchev–Trinajstić information content (AvgIpc) is 2.96. The lowest BCUT2D eigenvalue weighted by atomic mass is 9.78. The molecule has 0 bridgehead atoms. The summed E-state index contributed by atoms with van der Waals surface area (Å²) < 4.78 is 0. The smallest absolute Gasteiger partial charge is 0.293 e. The quantitative estimate of drug-likeness (QED) is 0.486. The first kappa shape index (κ1) is 22.7. The average molecular weight is 449 g/mol. The maximum absolute atomic E-state index is 13.0. The SMILES string of the molecule is Cc1cc2c(cc1/C=C1\SC(=O)N(Cc3ccccc3)C1=O)C(C)CC(C)(C)N2C(C)C. The third kappa shape index (κ3) is 4.11. The van der Waals surface area contributed by atoms with Gasteiger partial charge in [0.1, 0.15) is 0 Å². The van der Waals surface area contributed by atoms with Crippen LogP contribution in [0.1, 0.15) is 69.2 Å². The Bertz CT molecular complexity index is 1090. The Morgan fingerprint density at radius 1 is 1.16 bits per heavy atom. The summed E-state index contributed by atoms with van der Waals surface area (Å²) in [6.07, 6.45) is 2.98. The van der Waals surface area contributed by atoms with Crippen molar-refractivity contribution >= 4 is 34.7 Å². The first-order chi connectivity index (χ1) is 15.1. The van der Waals surface area contributed by atoms with Crippen LogP contribution in [0.5, 0.6) is 0 Å². The molecule has 1 atom stereocenters. The number of hydrogen-bond donors (Lipinski definition) is 0. The van der Waals surface area contributed by atoms with Crippen LogP contribution in [0.4, 0.5) is 10.5 Å². The molecule has 2 aliphatic rings. The molecule has 1 unspecified atom stereocenters. The van der Waals surface area contributed by atoms with Gasteiger partial charge in [0.2, 0.25) is 0 Å². The molecule has 4 nitrogen and oxygen atoms in total. The lowest BCUT2D eigenvalue weighted by Gasteiger charge is -2.50. The number of benzene rings is 2. The zero-order valence-corrected chi connectivity index (χ0v) is 20.6. The van der Waals surface area contributed by atoms with E-state index in [1.165, 1.54) is 16.2 Å². The van der Waals surface area contributed by atoms with Crippen molar-refractivity contribution in [1.82, 2.24) is 4.90 Å². The van der Waals surface area contributed by atoms with Gasteiger partial charge in [0.15, 0.2) is 0 Å². The van der Waals surface area contributed by atoms with Crippen LogP contribution in [0, 0.1) is 6.92 Å². The second kappa shape index (κ2) is 8.43. The predicted octanol–water partition coefficient (Wildman–Crippen LogP) is 6.73. The fraction of sp³-hybridized carbons (Fsp3) is 0.407. The fourth-order valence-corrected chi connectivity index (χ4v) is 6.12. The Balaban J connectivity index is 1.67. The number of anilines is 1. The van der Waals surface area contributed by atoms with E-state index in [-0.39, 0.29) is 16.7 Å². The molecule has 2 aromatic rings. The Hall–Kier alpha value is -2.53. The second-order valence-corrected chi connectivity index (χ2v) is 10.9. The second-order valence-electron chi connectivity index (χ2n) is 9.90. The highest BCUT2D eigenvalue weighted by molar-refractivity contribution is 8.18. The summed E-state index contributed by atoms with van der Waals surface area (Å²) in [7, 11) is 0. The van der Waals surface area contributed by atoms with E-state index in [9.17, 15) is 9.59 Å². The molecule has 0 N–H and O–H groups in total. The van der Waals surface area contributed by atoms with Crippen molar-refractivity contribution < 1.29 is 9.59 Å². The van der Waals surface area contributed by atoms with Crippen molar-refractivity contribution in [1.29, 1.82) is 0 Å². The summed E-state index contributed by atoms with van der Waals surface area (Å²) in [6.45, 7) is 13.8. The maximum atomic E-state index is 13.0. The molecule has 32 heavy (non-hydrogen) atoms. The molecular weight excluding hydrogens is 416 g/mol. The number of rotatable bonds is 4. The molecule has 0 aliphatic carbocycles. The van der Waals surface area contributed by atoms with Gasteiger partial charge in [-0.15, -0.1) is 0 Å². The van der Waals surface area contributed by atoms with Crippen LogP contribution in [0.3, 0.4) is 0 Å². The van der Waals surface area contributed by atoms with E-state index in [4.69, 9.17) is 0 Å². The molecule has 1 fully saturated rings. The highest BCUT2D eigenvalue weighted by Crippen LogP contribution is 2.46. The number of thioether (sulfide) groups is 1. The molecule has 0 radical (unpaired) electrons. The van der Waals surface area contributed by atoms with Gasteiger partial charge in [0.25, 0.3) is 11.1 Å². The monoisotopic (exact) mass is 448 g/mol. The van der Waals surface area contributed by atoms with Crippen LogP contribution in [0.15, 0.2) is 47.4 Å². The molecule has 0 aromatic heterocycles. The number of nitrogens with zero attached hydrogens (tertiary/aromatic N) is 2. The molecule has 2 amide bonds. The summed E-state index contributed by atoms with van der Waals surface area (Å²) >= 11 is 1.04. The summed E-state index contributed by atoms with van der Waals surface area (Å²) in [5.41, 5.74) is 5.79. The van der Waals surface area contributed by atoms with Crippen molar-refractivity contribution in [3.63, 3.8) is 0 Å². The van der Waals surface area contributed by atoms with Crippen molar-refractivity contribution in [2.45, 2.75) is 72.0 Å². The highest BCUT2D eigenvalue weighted by Gasteiger charge is 2.38. The molecule has 5 heteroatoms. The van der Waals surface area contributed by atoms with Gasteiger partial charge in [0, 0.05) is 17.3 Å². The van der Waals surface area contributed by atoms with Crippen LogP contribution in [0.25, 0.3) is 6.08 Å². The number of fused-ring (bicyclic) bond motifs is 1. The Morgan fingerprint density at radius 2 is 1.84 bits per heavy atom. The van der Waals surface area contributed by atoms with Crippen molar-refractivity contribution in [3.8, 4) is 0 Å². The van der Waals surface area contributed by atoms with Gasteiger partial charge in [-0.25, -0.2) is 0 Å². The first-order valence-corrected chi connectivity index (χ1v) is 12.1. The van der Waals surface area contributed by atoms with E-state index in [0.717, 1.165) is 34.9 Å². The maximum Gasteiger partial charge on any atom is 0.293 e. The van der Waals surface area contributed by atoms with E-state index in [1.54, 1.807) is 0 Å². The van der Waals surface area contributed by atoms with E-state index in [2.05, 4.69) is 58.6 Å². The molecule has 168 valence electrons. The van der Waals surface area contributed by atoms with E-state index >= 15 is 0 Å². The van der Waals surface area contributed by atoms with Crippen LogP contribution >= 0.6 is 11.8 Å². The number of amides is 2. The Morgan fingerprint density at radius 3 is 2.50 bits per heavy atom. The normalized spacial score (nSPS) is 21.6. The van der Waals surface area contributed by atoms with E-state index < -0.39 is 0 Å². The number of carbonyl (C=O) groups is 2. The van der Waals surface area contributed by atoms with Crippen molar-refractivity contribution in [2.75, 3.05) is 4.90 Å². The standard InChI is InChI=1S/C27H32N2O2S/c1-17(2)29-23-12-18(3)21(13-22(23)19(4)15-27(29,5)6)14-24-25(30)28(26(31)32-24)16-20-10-8-7-9-11-20/h7-14,17,19H,15-16H2,1-6H3/b24-14-. The molecular formula is C27H32N2O2S. The third-order valence-electron chi connectivity index (χ3n) is 6.52. The molecule has 2 heterocycles. The van der Waals surface area contributed by atoms with Gasteiger partial charge in [-0.1, -0.05) is 37.3 Å². The minimum atomic E-state index is -0.209. The molecule has 0 saturated carbocycles. The predicted molar refractivity (Wildman–Crippen MR) is 134 cm³/mol. The van der Waals surface area contributed by atoms with Crippen LogP contribution in [-0.2, 0) is 11.3 Å². The lowest BCUT2D eigenvalue weighted by molar-refractivity contribution is -0.123. The van der Waals surface area contributed by atoms with Crippen LogP contribution in [-0.4, -0.2) is 27.6 Å². The molecule has 2 aliphatic heterocycles. The van der Waals surface area contributed by atoms with Crippen molar-refractivity contribution in [3.05, 3.63) is 69.6 Å². The fourth-order valence-electron chi connectivity index (χ4n) is 5.29. The minimum Gasteiger partial charge on any atom is -0.364 e. The Labute approximate surface area is 195 Å². The summed E-state index contributed by atoms with van der Waals surface area (Å²) in [5, 5.41) is -0.207. The van der Waals surface area contributed by atoms with Gasteiger partial charge in [-0.2, -0.15) is 0 Å². The summed E-state index contributed by atoms with van der Waals surface area (Å²) in [5.74, 6) is 0.217. The zero-order valence-electron chi connectivity index (χ0n) is 19.8. The number of imide groups is 1. The van der Waals surface area contributed by atoms with E-state index in [0.29, 0.717) is 23.4 Å². The van der Waals surface area contributed by atoms with Crippen LogP contribution < -0.4 is 4.90 Å². The minimum absolute atomic E-state index is 0.0919. The Kier molecular flexibility index (Phi) is 5.97. The largest absolute Gasteiger partial charge is 0.364 e. The summed E-state index contributed by atoms with van der Waals surface area (Å²) in [6, 6.07) is 14.5. The van der Waals surface area contributed by atoms with Gasteiger partial charge in [-0.3, -0.25) is 14.5 Å². The molecule has 2 aromatic carbocycles. The zero-order chi connectivity index (χ0) is 23.2. The first-order valence-electron chi connectivity index (χ1n) is 11.3. The number of aryl methyl sites for hydroxylation is 1. The topological polar surface area (TPSA) is 40.6 Å². The van der Waals surface area contributed by atoms with Crippen molar-refractivity contribution in [2.24, 2.45) is 0 Å². The molecule has 4 rings (SSSR count). The lowest BCUT2D eigenvalue weighted by Crippen LogP contribution is -2.51. The molecule has 1 saturated heterocycles. The van der Waals surface area contributed by atoms with Gasteiger partial charge >= 0.3 is 0 Å². The summed E-state index contributed by atoms with van der Waals surface area (Å²) in [4.78, 5) is 30.0.